The summed E-state index contributed by atoms with van der Waals surface area (Å²) in [5.41, 5.74) is 8.30. The first-order valence-electron chi connectivity index (χ1n) is 19.9. The molecule has 0 saturated heterocycles. The van der Waals surface area contributed by atoms with Gasteiger partial charge in [0.25, 0.3) is 0 Å². The highest BCUT2D eigenvalue weighted by Crippen LogP contribution is 2.37. The van der Waals surface area contributed by atoms with Crippen molar-refractivity contribution in [1.29, 1.82) is 0 Å². The normalized spacial score (nSPS) is 13.5. The van der Waals surface area contributed by atoms with E-state index >= 15 is 0 Å². The van der Waals surface area contributed by atoms with Crippen LogP contribution in [0.4, 0.5) is 17.1 Å². The highest BCUT2D eigenvalue weighted by atomic mass is 32.2. The summed E-state index contributed by atoms with van der Waals surface area (Å²) in [6, 6.07) is 86.2. The van der Waals surface area contributed by atoms with Gasteiger partial charge in [0, 0.05) is 26.9 Å². The summed E-state index contributed by atoms with van der Waals surface area (Å²) in [6.07, 6.45) is 0. The number of para-hydroxylation sites is 1. The third-order valence-electron chi connectivity index (χ3n) is 11.9. The minimum atomic E-state index is -2.74. The lowest BCUT2D eigenvalue weighted by Gasteiger charge is -2.46. The largest absolute Gasteiger partial charge is 0.311 e. The molecule has 0 amide bonds. The highest BCUT2D eigenvalue weighted by molar-refractivity contribution is 8.00. The average Bonchev–Trinajstić information content (AvgIpc) is 3.30. The van der Waals surface area contributed by atoms with Crippen molar-refractivity contribution in [3.63, 3.8) is 0 Å². The van der Waals surface area contributed by atoms with Gasteiger partial charge >= 0.3 is 0 Å². The van der Waals surface area contributed by atoms with E-state index in [1.165, 1.54) is 63.2 Å². The molecule has 0 fully saturated rings. The van der Waals surface area contributed by atoms with Gasteiger partial charge in [-0.3, -0.25) is 0 Å². The Morgan fingerprint density at radius 3 is 1.38 bits per heavy atom. The van der Waals surface area contributed by atoms with Crippen LogP contribution in [0, 0.1) is 0 Å². The zero-order chi connectivity index (χ0) is 38.5. The second kappa shape index (κ2) is 14.5. The molecule has 1 spiro atoms. The Morgan fingerprint density at radius 2 is 0.759 bits per heavy atom. The van der Waals surface area contributed by atoms with Gasteiger partial charge in [0.1, 0.15) is 0 Å². The molecule has 2 heterocycles. The van der Waals surface area contributed by atoms with Gasteiger partial charge in [0.05, 0.1) is 0 Å². The van der Waals surface area contributed by atoms with Crippen molar-refractivity contribution in [3.8, 4) is 22.3 Å². The molecule has 0 unspecified atom stereocenters. The lowest BCUT2D eigenvalue weighted by atomic mass is 10.0. The van der Waals surface area contributed by atoms with E-state index in [0.29, 0.717) is 0 Å². The molecule has 0 saturated carbocycles. The van der Waals surface area contributed by atoms with E-state index in [9.17, 15) is 0 Å². The molecule has 0 aliphatic carbocycles. The van der Waals surface area contributed by atoms with E-state index < -0.39 is 16.9 Å². The van der Waals surface area contributed by atoms with Crippen molar-refractivity contribution >= 4 is 82.0 Å². The zero-order valence-corrected chi connectivity index (χ0v) is 34.6. The third-order valence-corrected chi connectivity index (χ3v) is 21.7. The van der Waals surface area contributed by atoms with Crippen LogP contribution in [0.15, 0.2) is 240 Å². The maximum Gasteiger partial charge on any atom is 0.181 e. The molecular weight excluding hydrogens is 751 g/mol. The second-order valence-corrected chi connectivity index (χ2v) is 22.2. The van der Waals surface area contributed by atoms with Gasteiger partial charge in [-0.15, -0.1) is 0 Å². The first-order chi connectivity index (χ1) is 28.8. The number of hydrogen-bond acceptors (Lipinski definition) is 2. The highest BCUT2D eigenvalue weighted by Gasteiger charge is 2.53. The lowest BCUT2D eigenvalue weighted by Crippen LogP contribution is -2.87. The Morgan fingerprint density at radius 1 is 0.328 bits per heavy atom. The summed E-state index contributed by atoms with van der Waals surface area (Å²) >= 11 is 1.94. The fraction of sp³-hybridized carbons (Fsp3) is 0. The summed E-state index contributed by atoms with van der Waals surface area (Å²) in [6.45, 7) is 0. The molecule has 273 valence electrons. The minimum Gasteiger partial charge on any atom is -0.311 e. The van der Waals surface area contributed by atoms with Crippen LogP contribution in [0.3, 0.4) is 0 Å². The van der Waals surface area contributed by atoms with Crippen LogP contribution in [0.1, 0.15) is 0 Å². The second-order valence-electron chi connectivity index (χ2n) is 15.0. The Hall–Kier alpha value is -6.44. The SMILES string of the molecule is c1ccc(-c2ccc(N(c3ccccc3)c3ccc(-c4ccc5c(c4)[Si]4(c6ccccc6Sc6ccccc64)c4ccccc4[Si]5c4ccccc4)cc3)cc2)cc1. The maximum absolute atomic E-state index is 2.74. The van der Waals surface area contributed by atoms with Gasteiger partial charge in [-0.25, -0.2) is 0 Å². The smallest absolute Gasteiger partial charge is 0.181 e. The number of fused-ring (bicyclic) bond motifs is 8. The topological polar surface area (TPSA) is 3.24 Å². The monoisotopic (exact) mass is 788 g/mol. The van der Waals surface area contributed by atoms with Gasteiger partial charge in [-0.2, -0.15) is 0 Å². The number of benzene rings is 9. The molecule has 0 atom stereocenters. The predicted octanol–water partition coefficient (Wildman–Crippen LogP) is 9.16. The Kier molecular flexibility index (Phi) is 8.69. The summed E-state index contributed by atoms with van der Waals surface area (Å²) in [5.74, 6) is 0. The van der Waals surface area contributed by atoms with Gasteiger partial charge in [-0.05, 0) is 91.5 Å². The molecule has 0 N–H and O–H groups in total. The minimum absolute atomic E-state index is 1.13. The van der Waals surface area contributed by atoms with Crippen molar-refractivity contribution in [2.75, 3.05) is 4.90 Å². The summed E-state index contributed by atoms with van der Waals surface area (Å²) in [5, 5.41) is 10.6. The van der Waals surface area contributed by atoms with Gasteiger partial charge in [0.15, 0.2) is 16.9 Å². The fourth-order valence-corrected chi connectivity index (χ4v) is 21.0. The van der Waals surface area contributed by atoms with Gasteiger partial charge < -0.3 is 4.90 Å². The van der Waals surface area contributed by atoms with Crippen molar-refractivity contribution in [2.24, 2.45) is 0 Å². The molecule has 9 aromatic rings. The maximum atomic E-state index is 2.60. The Balaban J connectivity index is 1.08. The molecule has 4 heteroatoms. The third kappa shape index (κ3) is 5.67. The number of rotatable bonds is 6. The van der Waals surface area contributed by atoms with Crippen molar-refractivity contribution in [1.82, 2.24) is 0 Å². The number of nitrogens with zero attached hydrogens (tertiary/aromatic N) is 1. The number of anilines is 3. The van der Waals surface area contributed by atoms with Gasteiger partial charge in [0.2, 0.25) is 0 Å². The van der Waals surface area contributed by atoms with E-state index in [1.54, 1.807) is 5.19 Å². The first kappa shape index (κ1) is 34.8. The molecule has 2 aliphatic heterocycles. The molecule has 2 aliphatic rings. The van der Waals surface area contributed by atoms with Crippen LogP contribution >= 0.6 is 11.8 Å². The molecule has 9 aromatic carbocycles. The molecule has 58 heavy (non-hydrogen) atoms. The molecular formula is C54H38NSSi2. The van der Waals surface area contributed by atoms with Crippen LogP contribution in [0.2, 0.25) is 0 Å². The summed E-state index contributed by atoms with van der Waals surface area (Å²) in [7, 11) is -4.03. The zero-order valence-electron chi connectivity index (χ0n) is 31.8. The molecule has 0 aromatic heterocycles. The van der Waals surface area contributed by atoms with Crippen molar-refractivity contribution < 1.29 is 0 Å². The van der Waals surface area contributed by atoms with Crippen molar-refractivity contribution in [3.05, 3.63) is 231 Å². The molecule has 11 rings (SSSR count). The predicted molar refractivity (Wildman–Crippen MR) is 251 cm³/mol. The van der Waals surface area contributed by atoms with E-state index in [0.717, 1.165) is 17.1 Å². The lowest BCUT2D eigenvalue weighted by molar-refractivity contribution is 1.28. The summed E-state index contributed by atoms with van der Waals surface area (Å²) < 4.78 is 0. The Bertz CT molecular complexity index is 2870. The van der Waals surface area contributed by atoms with Crippen LogP contribution in [0.25, 0.3) is 22.3 Å². The van der Waals surface area contributed by atoms with Crippen LogP contribution in [-0.2, 0) is 0 Å². The first-order valence-corrected chi connectivity index (χ1v) is 24.2. The fourth-order valence-electron chi connectivity index (χ4n) is 9.32. The van der Waals surface area contributed by atoms with E-state index in [4.69, 9.17) is 0 Å². The van der Waals surface area contributed by atoms with Crippen LogP contribution < -0.4 is 41.2 Å². The van der Waals surface area contributed by atoms with Crippen LogP contribution in [0.5, 0.6) is 0 Å². The van der Waals surface area contributed by atoms with E-state index in [-0.39, 0.29) is 0 Å². The van der Waals surface area contributed by atoms with Gasteiger partial charge in [-0.1, -0.05) is 209 Å². The molecule has 1 nitrogen and oxygen atoms in total. The van der Waals surface area contributed by atoms with E-state index in [2.05, 4.69) is 235 Å². The average molecular weight is 789 g/mol. The van der Waals surface area contributed by atoms with Crippen molar-refractivity contribution in [2.45, 2.75) is 9.79 Å². The van der Waals surface area contributed by atoms with E-state index in [1.807, 2.05) is 11.8 Å². The standard InChI is InChI=1S/C54H38NSSi2/c1-4-16-39(17-5-1)40-28-33-44(34-29-40)55(43-18-6-2-7-19-43)45-35-30-41(31-36-45)42-32-37-50-54(38-42)58(51-25-13-10-22-47(51)56-48-23-11-14-26-52(48)58)53-27-15-12-24-49(53)57(50)46-20-8-3-9-21-46/h1-38H. The van der Waals surface area contributed by atoms with Crippen LogP contribution in [-0.4, -0.2) is 16.9 Å². The molecule has 0 bridgehead atoms. The quantitative estimate of drug-likeness (QED) is 0.155. The number of hydrogen-bond donors (Lipinski definition) is 0. The summed E-state index contributed by atoms with van der Waals surface area (Å²) in [4.78, 5) is 5.12. The Labute approximate surface area is 347 Å². The molecule has 1 radical (unpaired) electrons.